The molecule has 8 nitrogen and oxygen atoms in total. The molecule has 3 aromatic rings. The number of amides is 1. The Morgan fingerprint density at radius 1 is 1.25 bits per heavy atom. The van der Waals surface area contributed by atoms with Gasteiger partial charge in [-0.25, -0.2) is 4.98 Å². The Bertz CT molecular complexity index is 1000. The monoisotopic (exact) mass is 399 g/mol. The van der Waals surface area contributed by atoms with Crippen molar-refractivity contribution >= 4 is 28.6 Å². The molecule has 1 amide bonds. The van der Waals surface area contributed by atoms with Gasteiger partial charge in [0.05, 0.1) is 23.4 Å². The predicted octanol–water partition coefficient (Wildman–Crippen LogP) is 4.20. The molecule has 2 aromatic carbocycles. The second-order valence-corrected chi connectivity index (χ2v) is 6.80. The van der Waals surface area contributed by atoms with E-state index in [1.54, 1.807) is 6.92 Å². The number of aromatic nitrogens is 1. The van der Waals surface area contributed by atoms with E-state index in [4.69, 9.17) is 9.47 Å². The third kappa shape index (κ3) is 4.44. The van der Waals surface area contributed by atoms with E-state index in [1.165, 1.54) is 36.6 Å². The Balaban J connectivity index is 1.75. The van der Waals surface area contributed by atoms with Crippen LogP contribution in [0.3, 0.4) is 0 Å². The molecule has 0 spiro atoms. The predicted molar refractivity (Wildman–Crippen MR) is 105 cm³/mol. The average molecular weight is 399 g/mol. The number of benzene rings is 2. The second kappa shape index (κ2) is 8.49. The van der Waals surface area contributed by atoms with Gasteiger partial charge in [-0.15, -0.1) is 11.3 Å². The first-order chi connectivity index (χ1) is 13.5. The number of carbonyl (C=O) groups is 1. The molecule has 9 heteroatoms. The smallest absolute Gasteiger partial charge is 0.271 e. The van der Waals surface area contributed by atoms with Crippen molar-refractivity contribution in [1.29, 1.82) is 0 Å². The zero-order chi connectivity index (χ0) is 20.1. The van der Waals surface area contributed by atoms with E-state index in [-0.39, 0.29) is 18.0 Å². The van der Waals surface area contributed by atoms with Gasteiger partial charge in [-0.05, 0) is 25.1 Å². The van der Waals surface area contributed by atoms with Crippen molar-refractivity contribution in [3.63, 3.8) is 0 Å². The molecule has 1 N–H and O–H groups in total. The zero-order valence-corrected chi connectivity index (χ0v) is 16.0. The van der Waals surface area contributed by atoms with E-state index >= 15 is 0 Å². The number of hydrogen-bond acceptors (Lipinski definition) is 7. The number of nitro groups is 1. The number of aryl methyl sites for hydroxylation is 1. The van der Waals surface area contributed by atoms with Gasteiger partial charge in [0.15, 0.2) is 0 Å². The maximum atomic E-state index is 12.7. The van der Waals surface area contributed by atoms with E-state index in [2.05, 4.69) is 10.3 Å². The zero-order valence-electron chi connectivity index (χ0n) is 15.2. The molecular formula is C19H17N3O5S. The van der Waals surface area contributed by atoms with E-state index < -0.39 is 10.8 Å². The van der Waals surface area contributed by atoms with Gasteiger partial charge in [0.1, 0.15) is 28.0 Å². The van der Waals surface area contributed by atoms with Crippen molar-refractivity contribution in [2.24, 2.45) is 0 Å². The Morgan fingerprint density at radius 3 is 2.68 bits per heavy atom. The van der Waals surface area contributed by atoms with Crippen LogP contribution in [0.4, 0.5) is 11.4 Å². The van der Waals surface area contributed by atoms with Crippen LogP contribution in [-0.2, 0) is 6.61 Å². The van der Waals surface area contributed by atoms with Gasteiger partial charge in [-0.2, -0.15) is 0 Å². The lowest BCUT2D eigenvalue weighted by Crippen LogP contribution is -2.12. The van der Waals surface area contributed by atoms with Crippen molar-refractivity contribution in [1.82, 2.24) is 4.98 Å². The van der Waals surface area contributed by atoms with Crippen LogP contribution in [0.1, 0.15) is 20.4 Å². The van der Waals surface area contributed by atoms with Crippen molar-refractivity contribution in [3.8, 4) is 11.5 Å². The van der Waals surface area contributed by atoms with Gasteiger partial charge in [-0.3, -0.25) is 14.9 Å². The highest BCUT2D eigenvalue weighted by atomic mass is 32.1. The van der Waals surface area contributed by atoms with Gasteiger partial charge >= 0.3 is 0 Å². The fourth-order valence-electron chi connectivity index (χ4n) is 2.47. The number of carbonyl (C=O) groups excluding carboxylic acids is 1. The van der Waals surface area contributed by atoms with E-state index in [1.807, 2.05) is 30.3 Å². The molecule has 1 heterocycles. The lowest BCUT2D eigenvalue weighted by molar-refractivity contribution is -0.384. The summed E-state index contributed by atoms with van der Waals surface area (Å²) < 4.78 is 10.8. The molecule has 144 valence electrons. The molecule has 0 bridgehead atoms. The normalized spacial score (nSPS) is 10.4. The molecular weight excluding hydrogens is 382 g/mol. The summed E-state index contributed by atoms with van der Waals surface area (Å²) in [5, 5.41) is 14.3. The summed E-state index contributed by atoms with van der Waals surface area (Å²) in [5.41, 5.74) is 0.629. The number of ether oxygens (including phenoxy) is 2. The van der Waals surface area contributed by atoms with Crippen LogP contribution in [0.2, 0.25) is 0 Å². The van der Waals surface area contributed by atoms with Crippen molar-refractivity contribution < 1.29 is 19.2 Å². The molecule has 0 fully saturated rings. The van der Waals surface area contributed by atoms with Crippen LogP contribution < -0.4 is 14.8 Å². The topological polar surface area (TPSA) is 104 Å². The number of nitro benzene ring substituents is 1. The lowest BCUT2D eigenvalue weighted by atomic mass is 10.2. The number of non-ortho nitro benzene ring substituents is 1. The molecule has 0 radical (unpaired) electrons. The van der Waals surface area contributed by atoms with E-state index in [9.17, 15) is 14.9 Å². The third-order valence-corrected chi connectivity index (χ3v) is 4.92. The first kappa shape index (κ1) is 19.3. The Morgan fingerprint density at radius 2 is 2.00 bits per heavy atom. The van der Waals surface area contributed by atoms with Crippen molar-refractivity contribution in [2.75, 3.05) is 12.4 Å². The maximum absolute atomic E-state index is 12.7. The maximum Gasteiger partial charge on any atom is 0.271 e. The highest BCUT2D eigenvalue weighted by Crippen LogP contribution is 2.30. The second-order valence-electron chi connectivity index (χ2n) is 5.72. The average Bonchev–Trinajstić information content (AvgIpc) is 3.08. The molecule has 0 saturated heterocycles. The molecule has 0 atom stereocenters. The van der Waals surface area contributed by atoms with Gasteiger partial charge in [0.2, 0.25) is 0 Å². The fourth-order valence-corrected chi connectivity index (χ4v) is 3.35. The van der Waals surface area contributed by atoms with Crippen LogP contribution in [0.15, 0.2) is 48.5 Å². The summed E-state index contributed by atoms with van der Waals surface area (Å²) in [6, 6.07) is 13.3. The molecule has 0 aliphatic heterocycles. The fraction of sp³-hybridized carbons (Fsp3) is 0.158. The van der Waals surface area contributed by atoms with Crippen molar-refractivity contribution in [3.05, 3.63) is 74.2 Å². The number of rotatable bonds is 7. The van der Waals surface area contributed by atoms with E-state index in [0.717, 1.165) is 0 Å². The third-order valence-electron chi connectivity index (χ3n) is 3.79. The van der Waals surface area contributed by atoms with Gasteiger partial charge in [-0.1, -0.05) is 18.2 Å². The van der Waals surface area contributed by atoms with Crippen LogP contribution in [0.25, 0.3) is 0 Å². The van der Waals surface area contributed by atoms with Crippen molar-refractivity contribution in [2.45, 2.75) is 13.5 Å². The SMILES string of the molecule is COc1ccc([N+](=O)[O-])cc1NC(=O)c1sc(COc2ccccc2)nc1C. The lowest BCUT2D eigenvalue weighted by Gasteiger charge is -2.09. The minimum absolute atomic E-state index is 0.144. The number of nitrogens with one attached hydrogen (secondary N) is 1. The van der Waals surface area contributed by atoms with Crippen LogP contribution >= 0.6 is 11.3 Å². The molecule has 0 aliphatic carbocycles. The van der Waals surface area contributed by atoms with Crippen LogP contribution in [0.5, 0.6) is 11.5 Å². The Labute approximate surface area is 164 Å². The highest BCUT2D eigenvalue weighted by Gasteiger charge is 2.19. The Hall–Kier alpha value is -3.46. The van der Waals surface area contributed by atoms with Gasteiger partial charge < -0.3 is 14.8 Å². The number of methoxy groups -OCH3 is 1. The summed E-state index contributed by atoms with van der Waals surface area (Å²) in [5.74, 6) is 0.621. The van der Waals surface area contributed by atoms with Crippen LogP contribution in [-0.4, -0.2) is 22.9 Å². The summed E-state index contributed by atoms with van der Waals surface area (Å²) in [6.45, 7) is 1.96. The number of para-hydroxylation sites is 1. The Kier molecular flexibility index (Phi) is 5.85. The summed E-state index contributed by atoms with van der Waals surface area (Å²) in [6.07, 6.45) is 0. The number of anilines is 1. The molecule has 1 aromatic heterocycles. The molecule has 0 unspecified atom stereocenters. The summed E-state index contributed by atoms with van der Waals surface area (Å²) in [7, 11) is 1.42. The first-order valence-corrected chi connectivity index (χ1v) is 9.07. The minimum Gasteiger partial charge on any atom is -0.495 e. The van der Waals surface area contributed by atoms with E-state index in [0.29, 0.717) is 27.1 Å². The van der Waals surface area contributed by atoms with Crippen LogP contribution in [0, 0.1) is 17.0 Å². The number of thiazole rings is 1. The molecule has 3 rings (SSSR count). The van der Waals surface area contributed by atoms with Gasteiger partial charge in [0, 0.05) is 12.1 Å². The molecule has 0 saturated carbocycles. The number of nitrogens with zero attached hydrogens (tertiary/aromatic N) is 2. The van der Waals surface area contributed by atoms with Gasteiger partial charge in [0.25, 0.3) is 11.6 Å². The summed E-state index contributed by atoms with van der Waals surface area (Å²) >= 11 is 1.21. The highest BCUT2D eigenvalue weighted by molar-refractivity contribution is 7.13. The quantitative estimate of drug-likeness (QED) is 0.472. The molecule has 28 heavy (non-hydrogen) atoms. The first-order valence-electron chi connectivity index (χ1n) is 8.26. The molecule has 0 aliphatic rings. The number of hydrogen-bond donors (Lipinski definition) is 1. The largest absolute Gasteiger partial charge is 0.495 e. The summed E-state index contributed by atoms with van der Waals surface area (Å²) in [4.78, 5) is 27.9. The standard InChI is InChI=1S/C19H17N3O5S/c1-12-18(28-17(20-12)11-27-14-6-4-3-5-7-14)19(23)21-15-10-13(22(24)25)8-9-16(15)26-2/h3-10H,11H2,1-2H3,(H,21,23). The minimum atomic E-state index is -0.536.